The van der Waals surface area contributed by atoms with Crippen LogP contribution in [-0.4, -0.2) is 14.2 Å². The first kappa shape index (κ1) is 20.8. The van der Waals surface area contributed by atoms with E-state index in [2.05, 4.69) is 64.6 Å². The molecule has 0 heterocycles. The summed E-state index contributed by atoms with van der Waals surface area (Å²) in [5.74, 6) is 1.47. The lowest BCUT2D eigenvalue weighted by Crippen LogP contribution is -2.20. The molecule has 132 valence electrons. The third-order valence-corrected chi connectivity index (χ3v) is 4.41. The van der Waals surface area contributed by atoms with Crippen molar-refractivity contribution >= 4 is 28.3 Å². The van der Waals surface area contributed by atoms with Crippen LogP contribution in [0.2, 0.25) is 0 Å². The highest BCUT2D eigenvalue weighted by molar-refractivity contribution is 9.10. The molecule has 0 fully saturated rings. The van der Waals surface area contributed by atoms with Gasteiger partial charge in [0.15, 0.2) is 11.5 Å². The topological polar surface area (TPSA) is 30.5 Å². The number of hydrogen-bond donors (Lipinski definition) is 1. The second-order valence-corrected chi connectivity index (χ2v) is 6.30. The average Bonchev–Trinajstić information content (AvgIpc) is 2.58. The van der Waals surface area contributed by atoms with E-state index < -0.39 is 0 Å². The van der Waals surface area contributed by atoms with E-state index in [9.17, 15) is 0 Å². The molecular weight excluding hydrogens is 390 g/mol. The minimum Gasteiger partial charge on any atom is -0.493 e. The summed E-state index contributed by atoms with van der Waals surface area (Å²) < 4.78 is 11.7. The van der Waals surface area contributed by atoms with Crippen LogP contribution < -0.4 is 14.8 Å². The smallest absolute Gasteiger partial charge is 0.174 e. The summed E-state index contributed by atoms with van der Waals surface area (Å²) in [6.45, 7) is 2.99. The summed E-state index contributed by atoms with van der Waals surface area (Å²) in [5.41, 5.74) is 2.49. The molecule has 2 aromatic rings. The summed E-state index contributed by atoms with van der Waals surface area (Å²) in [5, 5.41) is 3.65. The summed E-state index contributed by atoms with van der Waals surface area (Å²) in [6.07, 6.45) is 2.25. The highest BCUT2D eigenvalue weighted by Crippen LogP contribution is 2.36. The van der Waals surface area contributed by atoms with Gasteiger partial charge in [0.25, 0.3) is 0 Å². The highest BCUT2D eigenvalue weighted by Gasteiger charge is 2.13. The van der Waals surface area contributed by atoms with E-state index in [1.165, 1.54) is 5.56 Å². The van der Waals surface area contributed by atoms with E-state index in [1.807, 2.05) is 6.07 Å². The fourth-order valence-electron chi connectivity index (χ4n) is 2.68. The van der Waals surface area contributed by atoms with Crippen LogP contribution >= 0.6 is 28.3 Å². The van der Waals surface area contributed by atoms with Gasteiger partial charge in [-0.25, -0.2) is 0 Å². The Morgan fingerprint density at radius 1 is 1.08 bits per heavy atom. The molecule has 0 saturated carbocycles. The Bertz CT molecular complexity index is 622. The van der Waals surface area contributed by atoms with Crippen LogP contribution in [-0.2, 0) is 6.54 Å². The molecule has 0 aliphatic rings. The molecule has 2 rings (SSSR count). The number of hydrogen-bond acceptors (Lipinski definition) is 3. The van der Waals surface area contributed by atoms with Gasteiger partial charge in [-0.05, 0) is 45.6 Å². The van der Waals surface area contributed by atoms with Crippen LogP contribution in [0.25, 0.3) is 0 Å². The maximum Gasteiger partial charge on any atom is 0.174 e. The van der Waals surface area contributed by atoms with E-state index in [0.29, 0.717) is 6.04 Å². The van der Waals surface area contributed by atoms with E-state index >= 15 is 0 Å². The minimum atomic E-state index is 0. The lowest BCUT2D eigenvalue weighted by Gasteiger charge is -2.19. The zero-order chi connectivity index (χ0) is 16.7. The van der Waals surface area contributed by atoms with Gasteiger partial charge in [-0.1, -0.05) is 43.7 Å². The predicted molar refractivity (Wildman–Crippen MR) is 105 cm³/mol. The number of methoxy groups -OCH3 is 2. The zero-order valence-corrected chi connectivity index (χ0v) is 16.7. The van der Waals surface area contributed by atoms with Crippen molar-refractivity contribution in [3.8, 4) is 11.5 Å². The van der Waals surface area contributed by atoms with E-state index in [1.54, 1.807) is 14.2 Å². The molecule has 1 unspecified atom stereocenters. The van der Waals surface area contributed by atoms with Crippen molar-refractivity contribution < 1.29 is 9.47 Å². The Morgan fingerprint density at radius 3 is 2.38 bits per heavy atom. The molecule has 0 aliphatic carbocycles. The molecule has 0 aliphatic heterocycles. The Kier molecular flexibility index (Phi) is 9.19. The first-order valence-corrected chi connectivity index (χ1v) is 8.67. The van der Waals surface area contributed by atoms with E-state index in [4.69, 9.17) is 9.47 Å². The summed E-state index contributed by atoms with van der Waals surface area (Å²) in [6, 6.07) is 15.0. The molecule has 0 amide bonds. The number of rotatable bonds is 8. The molecule has 0 spiro atoms. The van der Waals surface area contributed by atoms with Gasteiger partial charge in [0, 0.05) is 12.6 Å². The first-order chi connectivity index (χ1) is 11.2. The number of ether oxygens (including phenoxy) is 2. The number of nitrogens with one attached hydrogen (secondary N) is 1. The molecule has 3 nitrogen and oxygen atoms in total. The molecule has 0 aromatic heterocycles. The quantitative estimate of drug-likeness (QED) is 0.617. The van der Waals surface area contributed by atoms with Crippen molar-refractivity contribution in [2.75, 3.05) is 14.2 Å². The largest absolute Gasteiger partial charge is 0.493 e. The van der Waals surface area contributed by atoms with Crippen LogP contribution in [0.3, 0.4) is 0 Å². The molecule has 24 heavy (non-hydrogen) atoms. The Balaban J connectivity index is 0.00000288. The van der Waals surface area contributed by atoms with Gasteiger partial charge in [-0.15, -0.1) is 12.4 Å². The SMILES string of the molecule is CCCC(NCc1cc(Br)c(OC)c(OC)c1)c1ccccc1.Cl. The maximum atomic E-state index is 5.41. The normalized spacial score (nSPS) is 11.5. The maximum absolute atomic E-state index is 5.41. The standard InChI is InChI=1S/C19H24BrNO2.ClH/c1-4-8-17(15-9-6-5-7-10-15)21-13-14-11-16(20)19(23-3)18(12-14)22-2;/h5-7,9-12,17,21H,4,8,13H2,1-3H3;1H. The van der Waals surface area contributed by atoms with Crippen LogP contribution in [0.4, 0.5) is 0 Å². The van der Waals surface area contributed by atoms with Gasteiger partial charge in [0.1, 0.15) is 0 Å². The monoisotopic (exact) mass is 413 g/mol. The molecule has 1 atom stereocenters. The van der Waals surface area contributed by atoms with Crippen molar-refractivity contribution in [3.63, 3.8) is 0 Å². The number of benzene rings is 2. The molecule has 1 N–H and O–H groups in total. The fourth-order valence-corrected chi connectivity index (χ4v) is 3.33. The fraction of sp³-hybridized carbons (Fsp3) is 0.368. The van der Waals surface area contributed by atoms with Crippen molar-refractivity contribution in [1.82, 2.24) is 5.32 Å². The van der Waals surface area contributed by atoms with Gasteiger partial charge < -0.3 is 14.8 Å². The summed E-state index contributed by atoms with van der Waals surface area (Å²) in [4.78, 5) is 0. The second-order valence-electron chi connectivity index (χ2n) is 5.45. The summed E-state index contributed by atoms with van der Waals surface area (Å²) in [7, 11) is 3.30. The highest BCUT2D eigenvalue weighted by atomic mass is 79.9. The molecule has 0 radical (unpaired) electrons. The van der Waals surface area contributed by atoms with Crippen molar-refractivity contribution in [1.29, 1.82) is 0 Å². The van der Waals surface area contributed by atoms with Crippen molar-refractivity contribution in [2.24, 2.45) is 0 Å². The second kappa shape index (κ2) is 10.6. The van der Waals surface area contributed by atoms with Gasteiger partial charge in [-0.2, -0.15) is 0 Å². The third kappa shape index (κ3) is 5.40. The molecular formula is C19H25BrClNO2. The molecule has 0 saturated heterocycles. The molecule has 0 bridgehead atoms. The van der Waals surface area contributed by atoms with Crippen molar-refractivity contribution in [2.45, 2.75) is 32.4 Å². The van der Waals surface area contributed by atoms with Crippen LogP contribution in [0.5, 0.6) is 11.5 Å². The average molecular weight is 415 g/mol. The lowest BCUT2D eigenvalue weighted by molar-refractivity contribution is 0.352. The summed E-state index contributed by atoms with van der Waals surface area (Å²) >= 11 is 3.55. The van der Waals surface area contributed by atoms with E-state index in [0.717, 1.165) is 40.9 Å². The molecule has 2 aromatic carbocycles. The number of halogens is 2. The van der Waals surface area contributed by atoms with Gasteiger partial charge in [0.05, 0.1) is 18.7 Å². The molecule has 5 heteroatoms. The predicted octanol–water partition coefficient (Wildman–Crippen LogP) is 5.52. The Hall–Kier alpha value is -1.23. The zero-order valence-electron chi connectivity index (χ0n) is 14.3. The van der Waals surface area contributed by atoms with Crippen LogP contribution in [0.1, 0.15) is 36.9 Å². The minimum absolute atomic E-state index is 0. The van der Waals surface area contributed by atoms with Crippen LogP contribution in [0, 0.1) is 0 Å². The van der Waals surface area contributed by atoms with Gasteiger partial charge >= 0.3 is 0 Å². The Labute approximate surface area is 159 Å². The third-order valence-electron chi connectivity index (χ3n) is 3.83. The van der Waals surface area contributed by atoms with Crippen molar-refractivity contribution in [3.05, 3.63) is 58.1 Å². The van der Waals surface area contributed by atoms with Crippen LogP contribution in [0.15, 0.2) is 46.9 Å². The van der Waals surface area contributed by atoms with E-state index in [-0.39, 0.29) is 12.4 Å². The van der Waals surface area contributed by atoms with Gasteiger partial charge in [-0.3, -0.25) is 0 Å². The lowest BCUT2D eigenvalue weighted by atomic mass is 10.0. The Morgan fingerprint density at radius 2 is 1.79 bits per heavy atom. The first-order valence-electron chi connectivity index (χ1n) is 7.88. The van der Waals surface area contributed by atoms with Gasteiger partial charge in [0.2, 0.25) is 0 Å².